The van der Waals surface area contributed by atoms with E-state index in [2.05, 4.69) is 51.4 Å². The third-order valence-corrected chi connectivity index (χ3v) is 4.78. The Morgan fingerprint density at radius 3 is 2.47 bits per heavy atom. The van der Waals surface area contributed by atoms with E-state index in [4.69, 9.17) is 0 Å². The first kappa shape index (κ1) is 14.9. The molecule has 1 fully saturated rings. The fraction of sp³-hybridized carbons (Fsp3) is 0.625. The van der Waals surface area contributed by atoms with Crippen LogP contribution in [0.3, 0.4) is 0 Å². The van der Waals surface area contributed by atoms with Gasteiger partial charge in [-0.25, -0.2) is 0 Å². The summed E-state index contributed by atoms with van der Waals surface area (Å²) in [5.41, 5.74) is 2.65. The fourth-order valence-electron chi connectivity index (χ4n) is 2.99. The van der Waals surface area contributed by atoms with E-state index in [0.717, 1.165) is 6.54 Å². The second-order valence-corrected chi connectivity index (χ2v) is 6.43. The van der Waals surface area contributed by atoms with Gasteiger partial charge in [0.2, 0.25) is 0 Å². The lowest BCUT2D eigenvalue weighted by Gasteiger charge is -2.30. The lowest BCUT2D eigenvalue weighted by Crippen LogP contribution is -2.31. The normalized spacial score (nSPS) is 17.2. The Bertz CT molecular complexity index is 398. The smallest absolute Gasteiger partial charge is 0.0510 e. The minimum absolute atomic E-state index is 0.703. The first-order valence-electron chi connectivity index (χ1n) is 7.38. The average Bonchev–Trinajstić information content (AvgIpc) is 2.67. The minimum Gasteiger partial charge on any atom is -0.371 e. The van der Waals surface area contributed by atoms with Crippen molar-refractivity contribution in [3.63, 3.8) is 0 Å². The highest BCUT2D eigenvalue weighted by atomic mass is 79.9. The van der Waals surface area contributed by atoms with Gasteiger partial charge in [0.25, 0.3) is 0 Å². The zero-order chi connectivity index (χ0) is 13.7. The zero-order valence-electron chi connectivity index (χ0n) is 12.1. The molecule has 0 radical (unpaired) electrons. The van der Waals surface area contributed by atoms with Crippen LogP contribution in [0.5, 0.6) is 0 Å². The van der Waals surface area contributed by atoms with Crippen LogP contribution in [-0.2, 0) is 6.54 Å². The van der Waals surface area contributed by atoms with Gasteiger partial charge >= 0.3 is 0 Å². The van der Waals surface area contributed by atoms with Gasteiger partial charge in [-0.05, 0) is 53.5 Å². The Morgan fingerprint density at radius 1 is 1.21 bits per heavy atom. The van der Waals surface area contributed by atoms with Crippen LogP contribution in [-0.4, -0.2) is 20.1 Å². The number of nitrogens with one attached hydrogen (secondary N) is 1. The largest absolute Gasteiger partial charge is 0.371 e. The standard InChI is InChI=1S/C16H25BrN2/c1-18-12-13-9-10-16(15(17)11-13)19(2)14-7-5-3-4-6-8-14/h9-11,14,18H,3-8,12H2,1-2H3. The van der Waals surface area contributed by atoms with Gasteiger partial charge < -0.3 is 10.2 Å². The summed E-state index contributed by atoms with van der Waals surface area (Å²) in [6, 6.07) is 7.42. The summed E-state index contributed by atoms with van der Waals surface area (Å²) in [7, 11) is 4.23. The van der Waals surface area contributed by atoms with Crippen molar-refractivity contribution in [2.45, 2.75) is 51.1 Å². The summed E-state index contributed by atoms with van der Waals surface area (Å²) in [6.07, 6.45) is 8.25. The molecule has 0 bridgehead atoms. The molecular weight excluding hydrogens is 300 g/mol. The predicted octanol–water partition coefficient (Wildman–Crippen LogP) is 4.33. The molecule has 0 saturated heterocycles. The second kappa shape index (κ2) is 7.30. The summed E-state index contributed by atoms with van der Waals surface area (Å²) < 4.78 is 1.21. The molecule has 0 heterocycles. The number of hydrogen-bond acceptors (Lipinski definition) is 2. The molecule has 106 valence electrons. The lowest BCUT2D eigenvalue weighted by atomic mass is 10.1. The molecule has 1 aromatic carbocycles. The van der Waals surface area contributed by atoms with Gasteiger partial charge in [-0.15, -0.1) is 0 Å². The topological polar surface area (TPSA) is 15.3 Å². The van der Waals surface area contributed by atoms with Gasteiger partial charge in [0.05, 0.1) is 5.69 Å². The zero-order valence-corrected chi connectivity index (χ0v) is 13.7. The molecule has 3 heteroatoms. The van der Waals surface area contributed by atoms with Gasteiger partial charge in [0.1, 0.15) is 0 Å². The van der Waals surface area contributed by atoms with E-state index in [9.17, 15) is 0 Å². The molecule has 1 N–H and O–H groups in total. The molecule has 1 aliphatic carbocycles. The molecule has 0 aliphatic heterocycles. The third kappa shape index (κ3) is 3.96. The van der Waals surface area contributed by atoms with Crippen LogP contribution in [0, 0.1) is 0 Å². The molecule has 19 heavy (non-hydrogen) atoms. The highest BCUT2D eigenvalue weighted by Crippen LogP contribution is 2.31. The van der Waals surface area contributed by atoms with E-state index in [1.54, 1.807) is 0 Å². The Kier molecular flexibility index (Phi) is 5.71. The van der Waals surface area contributed by atoms with Crippen LogP contribution >= 0.6 is 15.9 Å². The van der Waals surface area contributed by atoms with Crippen molar-refractivity contribution >= 4 is 21.6 Å². The number of halogens is 1. The lowest BCUT2D eigenvalue weighted by molar-refractivity contribution is 0.552. The van der Waals surface area contributed by atoms with E-state index < -0.39 is 0 Å². The maximum Gasteiger partial charge on any atom is 0.0510 e. The Morgan fingerprint density at radius 2 is 1.89 bits per heavy atom. The van der Waals surface area contributed by atoms with E-state index in [1.165, 1.54) is 54.2 Å². The minimum atomic E-state index is 0.703. The van der Waals surface area contributed by atoms with Gasteiger partial charge in [-0.1, -0.05) is 31.7 Å². The Balaban J connectivity index is 2.11. The SMILES string of the molecule is CNCc1ccc(N(C)C2CCCCCC2)c(Br)c1. The molecule has 2 nitrogen and oxygen atoms in total. The van der Waals surface area contributed by atoms with Crippen molar-refractivity contribution < 1.29 is 0 Å². The van der Waals surface area contributed by atoms with Crippen molar-refractivity contribution in [3.8, 4) is 0 Å². The summed E-state index contributed by atoms with van der Waals surface area (Å²) in [5, 5.41) is 3.20. The van der Waals surface area contributed by atoms with Gasteiger partial charge in [-0.2, -0.15) is 0 Å². The molecule has 1 aromatic rings. The van der Waals surface area contributed by atoms with E-state index in [1.807, 2.05) is 7.05 Å². The number of hydrogen-bond donors (Lipinski definition) is 1. The van der Waals surface area contributed by atoms with Crippen LogP contribution in [0.25, 0.3) is 0 Å². The van der Waals surface area contributed by atoms with Crippen LogP contribution in [0.4, 0.5) is 5.69 Å². The molecule has 2 rings (SSSR count). The first-order valence-corrected chi connectivity index (χ1v) is 8.17. The molecule has 1 aliphatic rings. The van der Waals surface area contributed by atoms with E-state index in [0.29, 0.717) is 6.04 Å². The Labute approximate surface area is 125 Å². The van der Waals surface area contributed by atoms with Crippen LogP contribution in [0.2, 0.25) is 0 Å². The molecule has 1 saturated carbocycles. The van der Waals surface area contributed by atoms with E-state index >= 15 is 0 Å². The number of benzene rings is 1. The van der Waals surface area contributed by atoms with Crippen LogP contribution in [0.15, 0.2) is 22.7 Å². The van der Waals surface area contributed by atoms with Crippen molar-refractivity contribution in [3.05, 3.63) is 28.2 Å². The average molecular weight is 325 g/mol. The number of rotatable bonds is 4. The quantitative estimate of drug-likeness (QED) is 0.829. The monoisotopic (exact) mass is 324 g/mol. The van der Waals surface area contributed by atoms with Crippen molar-refractivity contribution in [1.82, 2.24) is 5.32 Å². The maximum atomic E-state index is 3.73. The maximum absolute atomic E-state index is 3.73. The molecule has 0 unspecified atom stereocenters. The molecule has 0 amide bonds. The highest BCUT2D eigenvalue weighted by Gasteiger charge is 2.18. The summed E-state index contributed by atoms with van der Waals surface area (Å²) in [4.78, 5) is 2.47. The van der Waals surface area contributed by atoms with Crippen LogP contribution < -0.4 is 10.2 Å². The van der Waals surface area contributed by atoms with E-state index in [-0.39, 0.29) is 0 Å². The van der Waals surface area contributed by atoms with Crippen LogP contribution in [0.1, 0.15) is 44.1 Å². The molecule has 0 aromatic heterocycles. The number of anilines is 1. The molecule has 0 atom stereocenters. The second-order valence-electron chi connectivity index (χ2n) is 5.57. The highest BCUT2D eigenvalue weighted by molar-refractivity contribution is 9.10. The van der Waals surface area contributed by atoms with Gasteiger partial charge in [0, 0.05) is 24.1 Å². The third-order valence-electron chi connectivity index (χ3n) is 4.15. The van der Waals surface area contributed by atoms with Crippen molar-refractivity contribution in [1.29, 1.82) is 0 Å². The van der Waals surface area contributed by atoms with Crippen molar-refractivity contribution in [2.75, 3.05) is 19.0 Å². The predicted molar refractivity (Wildman–Crippen MR) is 86.8 cm³/mol. The van der Waals surface area contributed by atoms with Gasteiger partial charge in [0.15, 0.2) is 0 Å². The Hall–Kier alpha value is -0.540. The first-order chi connectivity index (χ1) is 9.22. The molecular formula is C16H25BrN2. The summed E-state index contributed by atoms with van der Waals surface area (Å²) in [5.74, 6) is 0. The molecule has 0 spiro atoms. The van der Waals surface area contributed by atoms with Crippen molar-refractivity contribution in [2.24, 2.45) is 0 Å². The number of nitrogens with zero attached hydrogens (tertiary/aromatic N) is 1. The summed E-state index contributed by atoms with van der Waals surface area (Å²) >= 11 is 3.73. The fourth-order valence-corrected chi connectivity index (χ4v) is 3.70. The van der Waals surface area contributed by atoms with Gasteiger partial charge in [-0.3, -0.25) is 0 Å². The summed E-state index contributed by atoms with van der Waals surface area (Å²) in [6.45, 7) is 0.923.